The Morgan fingerprint density at radius 2 is 1.74 bits per heavy atom. The second kappa shape index (κ2) is 10.9. The lowest BCUT2D eigenvalue weighted by molar-refractivity contribution is 0.0246. The van der Waals surface area contributed by atoms with Crippen LogP contribution in [0.15, 0.2) is 52.1 Å². The van der Waals surface area contributed by atoms with E-state index in [0.717, 1.165) is 55.8 Å². The van der Waals surface area contributed by atoms with Crippen LogP contribution in [0, 0.1) is 11.3 Å². The number of piperidine rings is 1. The van der Waals surface area contributed by atoms with Crippen molar-refractivity contribution in [3.8, 4) is 17.3 Å². The Hall–Kier alpha value is -3.58. The fourth-order valence-corrected chi connectivity index (χ4v) is 5.65. The highest BCUT2D eigenvalue weighted by molar-refractivity contribution is 6.39. The van der Waals surface area contributed by atoms with Crippen molar-refractivity contribution in [3.05, 3.63) is 63.8 Å². The van der Waals surface area contributed by atoms with Gasteiger partial charge in [0.2, 0.25) is 0 Å². The molecule has 200 valence electrons. The molecule has 0 radical (unpaired) electrons. The van der Waals surface area contributed by atoms with E-state index in [9.17, 15) is 4.79 Å². The molecule has 1 N–H and O–H groups in total. The molecule has 0 atom stereocenters. The topological polar surface area (TPSA) is 107 Å². The summed E-state index contributed by atoms with van der Waals surface area (Å²) in [5, 5.41) is 18.3. The van der Waals surface area contributed by atoms with Gasteiger partial charge in [-0.3, -0.25) is 4.90 Å². The van der Waals surface area contributed by atoms with Crippen LogP contribution in [-0.4, -0.2) is 42.6 Å². The van der Waals surface area contributed by atoms with E-state index in [1.807, 2.05) is 36.4 Å². The summed E-state index contributed by atoms with van der Waals surface area (Å²) in [5.74, 6) is 1.26. The molecule has 2 amide bonds. The number of rotatable bonds is 7. The number of nitriles is 1. The zero-order valence-corrected chi connectivity index (χ0v) is 22.6. The second-order valence-corrected chi connectivity index (χ2v) is 10.7. The van der Waals surface area contributed by atoms with Crippen molar-refractivity contribution in [2.24, 2.45) is 5.10 Å². The number of urea groups is 1. The Kier molecular flexibility index (Phi) is 7.17. The largest absolute Gasteiger partial charge is 0.373 e. The highest BCUT2D eigenvalue weighted by atomic mass is 35.5. The van der Waals surface area contributed by atoms with Gasteiger partial charge in [0.15, 0.2) is 5.71 Å². The SMILES string of the molecule is N#CC1=NNC(=O)N(c2ccc(N3CCC(OCc4c(-c5c(Cl)cccc5Cl)noc4C4CC4)CC3)cc2)C1. The Labute approximate surface area is 235 Å². The van der Waals surface area contributed by atoms with E-state index in [1.54, 1.807) is 12.1 Å². The van der Waals surface area contributed by atoms with Crippen LogP contribution in [0.3, 0.4) is 0 Å². The summed E-state index contributed by atoms with van der Waals surface area (Å²) in [7, 11) is 0. The van der Waals surface area contributed by atoms with Crippen molar-refractivity contribution in [2.75, 3.05) is 29.4 Å². The molecule has 1 aliphatic carbocycles. The molecular weight excluding hydrogens is 539 g/mol. The van der Waals surface area contributed by atoms with Gasteiger partial charge in [-0.15, -0.1) is 0 Å². The number of carbonyl (C=O) groups is 1. The number of amides is 2. The Bertz CT molecular complexity index is 1430. The monoisotopic (exact) mass is 564 g/mol. The highest BCUT2D eigenvalue weighted by Gasteiger charge is 2.34. The number of hydrogen-bond donors (Lipinski definition) is 1. The van der Waals surface area contributed by atoms with Gasteiger partial charge in [-0.25, -0.2) is 10.2 Å². The molecule has 6 rings (SSSR count). The first-order valence-electron chi connectivity index (χ1n) is 13.0. The standard InChI is InChI=1S/C28H26Cl2N6O3/c29-23-2-1-3-24(30)25(23)26-22(27(39-34-26)17-4-5-17)16-38-21-10-12-35(13-11-21)19-6-8-20(9-7-19)36-15-18(14-31)32-33-28(36)37/h1-3,6-9,17,21H,4-5,10-13,15-16H2,(H,33,37). The molecule has 0 bridgehead atoms. The number of nitrogens with zero attached hydrogens (tertiary/aromatic N) is 5. The molecule has 3 aromatic rings. The average Bonchev–Trinajstić information content (AvgIpc) is 3.72. The molecule has 3 heterocycles. The Morgan fingerprint density at radius 1 is 1.05 bits per heavy atom. The van der Waals surface area contributed by atoms with Crippen LogP contribution >= 0.6 is 23.2 Å². The van der Waals surface area contributed by atoms with Gasteiger partial charge in [0.25, 0.3) is 0 Å². The third-order valence-electron chi connectivity index (χ3n) is 7.37. The molecular formula is C28H26Cl2N6O3. The summed E-state index contributed by atoms with van der Waals surface area (Å²) in [6, 6.07) is 14.9. The van der Waals surface area contributed by atoms with Crippen molar-refractivity contribution in [1.29, 1.82) is 5.26 Å². The highest BCUT2D eigenvalue weighted by Crippen LogP contribution is 2.46. The fourth-order valence-electron chi connectivity index (χ4n) is 5.07. The number of hydrazone groups is 1. The lowest BCUT2D eigenvalue weighted by Gasteiger charge is -2.34. The molecule has 39 heavy (non-hydrogen) atoms. The average molecular weight is 565 g/mol. The third-order valence-corrected chi connectivity index (χ3v) is 8.00. The number of benzene rings is 2. The molecule has 2 fully saturated rings. The van der Waals surface area contributed by atoms with Crippen molar-refractivity contribution in [1.82, 2.24) is 10.6 Å². The van der Waals surface area contributed by atoms with Crippen LogP contribution < -0.4 is 15.2 Å². The van der Waals surface area contributed by atoms with E-state index >= 15 is 0 Å². The van der Waals surface area contributed by atoms with Gasteiger partial charge < -0.3 is 14.2 Å². The number of nitrogens with one attached hydrogen (secondary N) is 1. The van der Waals surface area contributed by atoms with Gasteiger partial charge in [-0.2, -0.15) is 10.4 Å². The lowest BCUT2D eigenvalue weighted by Crippen LogP contribution is -2.45. The minimum atomic E-state index is -0.350. The van der Waals surface area contributed by atoms with Crippen LogP contribution in [0.25, 0.3) is 11.3 Å². The molecule has 0 spiro atoms. The number of hydrogen-bond acceptors (Lipinski definition) is 7. The summed E-state index contributed by atoms with van der Waals surface area (Å²) >= 11 is 13.0. The third kappa shape index (κ3) is 5.33. The van der Waals surface area contributed by atoms with Gasteiger partial charge in [0.05, 0.1) is 29.3 Å². The first-order valence-corrected chi connectivity index (χ1v) is 13.7. The summed E-state index contributed by atoms with van der Waals surface area (Å²) in [6.07, 6.45) is 4.04. The summed E-state index contributed by atoms with van der Waals surface area (Å²) < 4.78 is 12.2. The molecule has 2 aromatic carbocycles. The predicted octanol–water partition coefficient (Wildman–Crippen LogP) is 6.12. The smallest absolute Gasteiger partial charge is 0.342 e. The molecule has 9 nitrogen and oxygen atoms in total. The van der Waals surface area contributed by atoms with Crippen molar-refractivity contribution < 1.29 is 14.1 Å². The number of halogens is 2. The number of anilines is 2. The zero-order chi connectivity index (χ0) is 26.9. The van der Waals surface area contributed by atoms with E-state index in [1.165, 1.54) is 4.90 Å². The van der Waals surface area contributed by atoms with Gasteiger partial charge >= 0.3 is 6.03 Å². The van der Waals surface area contributed by atoms with Crippen LogP contribution in [0.2, 0.25) is 10.0 Å². The molecule has 1 saturated heterocycles. The first-order chi connectivity index (χ1) is 19.0. The van der Waals surface area contributed by atoms with Gasteiger partial charge in [-0.05, 0) is 62.1 Å². The molecule has 1 saturated carbocycles. The van der Waals surface area contributed by atoms with Crippen molar-refractivity contribution in [3.63, 3.8) is 0 Å². The number of ether oxygens (including phenoxy) is 1. The molecule has 1 aromatic heterocycles. The Balaban J connectivity index is 1.09. The minimum absolute atomic E-state index is 0.109. The van der Waals surface area contributed by atoms with Crippen molar-refractivity contribution >= 4 is 46.3 Å². The predicted molar refractivity (Wildman–Crippen MR) is 149 cm³/mol. The van der Waals surface area contributed by atoms with E-state index in [0.29, 0.717) is 39.5 Å². The van der Waals surface area contributed by atoms with Crippen LogP contribution in [-0.2, 0) is 11.3 Å². The normalized spacial score (nSPS) is 18.1. The van der Waals surface area contributed by atoms with E-state index in [-0.39, 0.29) is 24.4 Å². The Morgan fingerprint density at radius 3 is 2.41 bits per heavy atom. The first kappa shape index (κ1) is 25.7. The van der Waals surface area contributed by atoms with E-state index < -0.39 is 0 Å². The number of aromatic nitrogens is 1. The molecule has 2 aliphatic heterocycles. The molecule has 0 unspecified atom stereocenters. The minimum Gasteiger partial charge on any atom is -0.373 e. The maximum atomic E-state index is 12.2. The lowest BCUT2D eigenvalue weighted by atomic mass is 10.0. The summed E-state index contributed by atoms with van der Waals surface area (Å²) in [4.78, 5) is 16.0. The maximum absolute atomic E-state index is 12.2. The molecule has 3 aliphatic rings. The maximum Gasteiger partial charge on any atom is 0.342 e. The molecule has 11 heteroatoms. The van der Waals surface area contributed by atoms with Crippen LogP contribution in [0.5, 0.6) is 0 Å². The number of carbonyl (C=O) groups excluding carboxylic acids is 1. The summed E-state index contributed by atoms with van der Waals surface area (Å²) in [5.41, 5.74) is 6.72. The summed E-state index contributed by atoms with van der Waals surface area (Å²) in [6.45, 7) is 2.25. The second-order valence-electron chi connectivity index (χ2n) is 9.93. The van der Waals surface area contributed by atoms with Gasteiger partial charge in [-0.1, -0.05) is 34.4 Å². The van der Waals surface area contributed by atoms with Gasteiger partial charge in [0.1, 0.15) is 17.5 Å². The van der Waals surface area contributed by atoms with Gasteiger partial charge in [0, 0.05) is 41.5 Å². The van der Waals surface area contributed by atoms with E-state index in [2.05, 4.69) is 20.6 Å². The quantitative estimate of drug-likeness (QED) is 0.370. The van der Waals surface area contributed by atoms with Crippen LogP contribution in [0.1, 0.15) is 42.9 Å². The van der Waals surface area contributed by atoms with E-state index in [4.69, 9.17) is 37.7 Å². The van der Waals surface area contributed by atoms with Crippen molar-refractivity contribution in [2.45, 2.75) is 44.3 Å². The zero-order valence-electron chi connectivity index (χ0n) is 21.1. The van der Waals surface area contributed by atoms with Crippen LogP contribution in [0.4, 0.5) is 16.2 Å². The fraction of sp³-hybridized carbons (Fsp3) is 0.357.